The topological polar surface area (TPSA) is 17.1 Å². The van der Waals surface area contributed by atoms with Crippen LogP contribution in [0.4, 0.5) is 0 Å². The molecule has 0 aromatic rings. The fourth-order valence-electron chi connectivity index (χ4n) is 2.48. The zero-order chi connectivity index (χ0) is 7.14. The van der Waals surface area contributed by atoms with E-state index in [-0.39, 0.29) is 0 Å². The molecule has 0 saturated heterocycles. The average Bonchev–Trinajstić information content (AvgIpc) is 1.91. The first-order valence-corrected chi connectivity index (χ1v) is 4.30. The molecule has 3 saturated carbocycles. The van der Waals surface area contributed by atoms with Crippen LogP contribution in [-0.2, 0) is 4.79 Å². The maximum absolute atomic E-state index is 11.2. The van der Waals surface area contributed by atoms with Crippen molar-refractivity contribution in [2.45, 2.75) is 32.6 Å². The minimum Gasteiger partial charge on any atom is -0.299 e. The summed E-state index contributed by atoms with van der Waals surface area (Å²) in [7, 11) is 0. The number of carbonyl (C=O) groups is 1. The van der Waals surface area contributed by atoms with Gasteiger partial charge in [-0.2, -0.15) is 0 Å². The van der Waals surface area contributed by atoms with E-state index >= 15 is 0 Å². The number of carbonyl (C=O) groups excluding carboxylic acids is 1. The third kappa shape index (κ3) is 0.799. The Morgan fingerprint density at radius 2 is 2.20 bits per heavy atom. The normalized spacial score (nSPS) is 46.1. The Morgan fingerprint density at radius 3 is 2.50 bits per heavy atom. The van der Waals surface area contributed by atoms with Crippen LogP contribution in [0.5, 0.6) is 0 Å². The number of fused-ring (bicyclic) bond motifs is 3. The van der Waals surface area contributed by atoms with Crippen molar-refractivity contribution in [3.63, 3.8) is 0 Å². The molecule has 3 unspecified atom stereocenters. The molecule has 0 radical (unpaired) electrons. The van der Waals surface area contributed by atoms with Crippen molar-refractivity contribution in [3.8, 4) is 0 Å². The zero-order valence-corrected chi connectivity index (χ0v) is 6.47. The largest absolute Gasteiger partial charge is 0.299 e. The zero-order valence-electron chi connectivity index (χ0n) is 6.47. The molecule has 0 heterocycles. The van der Waals surface area contributed by atoms with Crippen LogP contribution in [0.3, 0.4) is 0 Å². The maximum atomic E-state index is 11.2. The molecule has 0 N–H and O–H groups in total. The van der Waals surface area contributed by atoms with Crippen LogP contribution in [0.15, 0.2) is 0 Å². The summed E-state index contributed by atoms with van der Waals surface area (Å²) in [5.74, 6) is 2.59. The Morgan fingerprint density at radius 1 is 1.40 bits per heavy atom. The SMILES string of the molecule is CC1CC2CCC1CC2=O. The van der Waals surface area contributed by atoms with Gasteiger partial charge in [-0.3, -0.25) is 4.79 Å². The van der Waals surface area contributed by atoms with Crippen molar-refractivity contribution in [1.82, 2.24) is 0 Å². The van der Waals surface area contributed by atoms with Gasteiger partial charge in [0.05, 0.1) is 0 Å². The molecule has 3 aliphatic rings. The van der Waals surface area contributed by atoms with Gasteiger partial charge in [0.2, 0.25) is 0 Å². The van der Waals surface area contributed by atoms with E-state index in [9.17, 15) is 4.79 Å². The fourth-order valence-corrected chi connectivity index (χ4v) is 2.48. The lowest BCUT2D eigenvalue weighted by molar-refractivity contribution is -0.131. The molecular formula is C9H14O. The molecule has 1 nitrogen and oxygen atoms in total. The van der Waals surface area contributed by atoms with E-state index in [0.29, 0.717) is 11.7 Å². The molecule has 0 spiro atoms. The van der Waals surface area contributed by atoms with E-state index in [2.05, 4.69) is 6.92 Å². The van der Waals surface area contributed by atoms with Crippen LogP contribution in [0.1, 0.15) is 32.6 Å². The predicted molar refractivity (Wildman–Crippen MR) is 39.6 cm³/mol. The van der Waals surface area contributed by atoms with Crippen LogP contribution in [0, 0.1) is 17.8 Å². The second-order valence-electron chi connectivity index (χ2n) is 3.92. The molecule has 2 bridgehead atoms. The number of Topliss-reactive ketones (excluding diaryl/α,β-unsaturated/α-hetero) is 1. The minimum absolute atomic E-state index is 0.458. The van der Waals surface area contributed by atoms with Crippen molar-refractivity contribution in [1.29, 1.82) is 0 Å². The highest BCUT2D eigenvalue weighted by Gasteiger charge is 2.38. The first-order chi connectivity index (χ1) is 4.77. The summed E-state index contributed by atoms with van der Waals surface area (Å²) >= 11 is 0. The smallest absolute Gasteiger partial charge is 0.136 e. The molecule has 3 aliphatic carbocycles. The summed E-state index contributed by atoms with van der Waals surface area (Å²) in [4.78, 5) is 11.2. The summed E-state index contributed by atoms with van der Waals surface area (Å²) in [5, 5.41) is 0. The van der Waals surface area contributed by atoms with E-state index < -0.39 is 0 Å². The summed E-state index contributed by atoms with van der Waals surface area (Å²) in [6.07, 6.45) is 4.58. The van der Waals surface area contributed by atoms with E-state index in [1.165, 1.54) is 19.3 Å². The van der Waals surface area contributed by atoms with E-state index in [1.807, 2.05) is 0 Å². The second kappa shape index (κ2) is 2.08. The van der Waals surface area contributed by atoms with E-state index in [0.717, 1.165) is 18.3 Å². The molecule has 0 aliphatic heterocycles. The molecule has 3 fully saturated rings. The third-order valence-electron chi connectivity index (χ3n) is 3.27. The number of hydrogen-bond acceptors (Lipinski definition) is 1. The second-order valence-corrected chi connectivity index (χ2v) is 3.92. The first kappa shape index (κ1) is 6.38. The van der Waals surface area contributed by atoms with E-state index in [4.69, 9.17) is 0 Å². The minimum atomic E-state index is 0.458. The molecule has 0 aromatic carbocycles. The average molecular weight is 138 g/mol. The van der Waals surface area contributed by atoms with E-state index in [1.54, 1.807) is 0 Å². The van der Waals surface area contributed by atoms with Crippen LogP contribution >= 0.6 is 0 Å². The van der Waals surface area contributed by atoms with Crippen molar-refractivity contribution in [2.24, 2.45) is 17.8 Å². The van der Waals surface area contributed by atoms with Gasteiger partial charge in [0, 0.05) is 12.3 Å². The summed E-state index contributed by atoms with van der Waals surface area (Å²) in [6.45, 7) is 2.29. The van der Waals surface area contributed by atoms with Gasteiger partial charge in [-0.25, -0.2) is 0 Å². The van der Waals surface area contributed by atoms with Crippen LogP contribution in [0.2, 0.25) is 0 Å². The molecule has 0 aromatic heterocycles. The van der Waals surface area contributed by atoms with Gasteiger partial charge in [0.25, 0.3) is 0 Å². The van der Waals surface area contributed by atoms with Crippen molar-refractivity contribution >= 4 is 5.78 Å². The first-order valence-electron chi connectivity index (χ1n) is 4.30. The lowest BCUT2D eigenvalue weighted by atomic mass is 9.65. The lowest BCUT2D eigenvalue weighted by Crippen LogP contribution is -2.36. The third-order valence-corrected chi connectivity index (χ3v) is 3.27. The highest BCUT2D eigenvalue weighted by atomic mass is 16.1. The number of hydrogen-bond donors (Lipinski definition) is 0. The predicted octanol–water partition coefficient (Wildman–Crippen LogP) is 2.01. The highest BCUT2D eigenvalue weighted by Crippen LogP contribution is 2.42. The molecular weight excluding hydrogens is 124 g/mol. The summed E-state index contributed by atoms with van der Waals surface area (Å²) in [6, 6.07) is 0. The van der Waals surface area contributed by atoms with Gasteiger partial charge in [-0.1, -0.05) is 6.92 Å². The Labute approximate surface area is 61.8 Å². The number of ketones is 1. The molecule has 1 heteroatoms. The van der Waals surface area contributed by atoms with Crippen LogP contribution in [0.25, 0.3) is 0 Å². The Bertz CT molecular complexity index is 162. The van der Waals surface area contributed by atoms with Gasteiger partial charge < -0.3 is 0 Å². The van der Waals surface area contributed by atoms with Gasteiger partial charge >= 0.3 is 0 Å². The maximum Gasteiger partial charge on any atom is 0.136 e. The fraction of sp³-hybridized carbons (Fsp3) is 0.889. The standard InChI is InChI=1S/C9H14O/c1-6-4-8-3-2-7(6)5-9(8)10/h6-8H,2-5H2,1H3. The van der Waals surface area contributed by atoms with Crippen LogP contribution in [-0.4, -0.2) is 5.78 Å². The van der Waals surface area contributed by atoms with Crippen LogP contribution < -0.4 is 0 Å². The molecule has 56 valence electrons. The van der Waals surface area contributed by atoms with Crippen molar-refractivity contribution in [3.05, 3.63) is 0 Å². The monoisotopic (exact) mass is 138 g/mol. The summed E-state index contributed by atoms with van der Waals surface area (Å²) < 4.78 is 0. The van der Waals surface area contributed by atoms with Gasteiger partial charge in [0.1, 0.15) is 5.78 Å². The number of rotatable bonds is 0. The quantitative estimate of drug-likeness (QED) is 0.500. The molecule has 3 atom stereocenters. The molecule has 10 heavy (non-hydrogen) atoms. The Kier molecular flexibility index (Phi) is 1.33. The highest BCUT2D eigenvalue weighted by molar-refractivity contribution is 5.82. The van der Waals surface area contributed by atoms with Gasteiger partial charge in [-0.15, -0.1) is 0 Å². The summed E-state index contributed by atoms with van der Waals surface area (Å²) in [5.41, 5.74) is 0. The van der Waals surface area contributed by atoms with Crippen molar-refractivity contribution < 1.29 is 4.79 Å². The van der Waals surface area contributed by atoms with Gasteiger partial charge in [0.15, 0.2) is 0 Å². The van der Waals surface area contributed by atoms with Gasteiger partial charge in [-0.05, 0) is 31.1 Å². The Hall–Kier alpha value is -0.330. The molecule has 3 rings (SSSR count). The Balaban J connectivity index is 2.16. The van der Waals surface area contributed by atoms with Crippen molar-refractivity contribution in [2.75, 3.05) is 0 Å². The molecule has 0 amide bonds. The lowest BCUT2D eigenvalue weighted by Gasteiger charge is -2.39.